The van der Waals surface area contributed by atoms with Crippen LogP contribution in [0.4, 0.5) is 5.69 Å². The van der Waals surface area contributed by atoms with Crippen LogP contribution in [0.5, 0.6) is 0 Å². The zero-order valence-corrected chi connectivity index (χ0v) is 15.6. The molecular weight excluding hydrogens is 342 g/mol. The number of likely N-dealkylation sites (N-methyl/N-ethyl adjacent to an activating group) is 1. The van der Waals surface area contributed by atoms with Gasteiger partial charge in [-0.1, -0.05) is 12.8 Å². The molecule has 3 heterocycles. The number of aromatic nitrogens is 1. The van der Waals surface area contributed by atoms with Crippen LogP contribution in [0.3, 0.4) is 0 Å². The van der Waals surface area contributed by atoms with E-state index in [0.717, 1.165) is 51.0 Å². The van der Waals surface area contributed by atoms with Gasteiger partial charge in [-0.05, 0) is 32.0 Å². The SMILES string of the molecule is CN1CCN(c2ccc3c(=O)c(C(=O)O)cn4c3c2C2CCCCC24)CC1. The van der Waals surface area contributed by atoms with Crippen LogP contribution in [-0.4, -0.2) is 53.8 Å². The molecule has 0 bridgehead atoms. The van der Waals surface area contributed by atoms with E-state index in [1.54, 1.807) is 6.20 Å². The second-order valence-electron chi connectivity index (χ2n) is 8.23. The quantitative estimate of drug-likeness (QED) is 0.884. The molecule has 3 aliphatic rings. The maximum atomic E-state index is 12.8. The van der Waals surface area contributed by atoms with Crippen LogP contribution in [0.15, 0.2) is 23.1 Å². The van der Waals surface area contributed by atoms with Crippen molar-refractivity contribution in [1.29, 1.82) is 0 Å². The van der Waals surface area contributed by atoms with Crippen molar-refractivity contribution in [3.63, 3.8) is 0 Å². The topological polar surface area (TPSA) is 65.8 Å². The molecule has 1 saturated heterocycles. The summed E-state index contributed by atoms with van der Waals surface area (Å²) >= 11 is 0. The Bertz CT molecular complexity index is 988. The van der Waals surface area contributed by atoms with Gasteiger partial charge < -0.3 is 19.5 Å². The zero-order chi connectivity index (χ0) is 18.7. The molecule has 0 amide bonds. The molecule has 6 nitrogen and oxygen atoms in total. The number of nitrogens with zero attached hydrogens (tertiary/aromatic N) is 3. The summed E-state index contributed by atoms with van der Waals surface area (Å²) in [5, 5.41) is 10.1. The molecule has 27 heavy (non-hydrogen) atoms. The average Bonchev–Trinajstić information content (AvgIpc) is 3.00. The number of carbonyl (C=O) groups is 1. The lowest BCUT2D eigenvalue weighted by atomic mass is 9.81. The maximum absolute atomic E-state index is 12.8. The molecule has 2 atom stereocenters. The van der Waals surface area contributed by atoms with Crippen LogP contribution in [0.1, 0.15) is 53.6 Å². The Hall–Kier alpha value is -2.34. The van der Waals surface area contributed by atoms with Gasteiger partial charge in [-0.3, -0.25) is 4.79 Å². The second kappa shape index (κ2) is 6.09. The summed E-state index contributed by atoms with van der Waals surface area (Å²) < 4.78 is 2.12. The van der Waals surface area contributed by atoms with Gasteiger partial charge in [0.15, 0.2) is 0 Å². The Morgan fingerprint density at radius 2 is 1.85 bits per heavy atom. The predicted molar refractivity (Wildman–Crippen MR) is 105 cm³/mol. The highest BCUT2D eigenvalue weighted by molar-refractivity contribution is 5.96. The first kappa shape index (κ1) is 16.8. The van der Waals surface area contributed by atoms with Crippen molar-refractivity contribution in [2.45, 2.75) is 37.6 Å². The number of hydrogen-bond acceptors (Lipinski definition) is 4. The lowest BCUT2D eigenvalue weighted by molar-refractivity contribution is 0.0694. The maximum Gasteiger partial charge on any atom is 0.341 e. The number of aromatic carboxylic acids is 1. The number of benzene rings is 1. The fourth-order valence-corrected chi connectivity index (χ4v) is 5.35. The van der Waals surface area contributed by atoms with Gasteiger partial charge >= 0.3 is 5.97 Å². The molecule has 1 aliphatic carbocycles. The van der Waals surface area contributed by atoms with Crippen molar-refractivity contribution in [3.05, 3.63) is 39.7 Å². The van der Waals surface area contributed by atoms with E-state index in [1.165, 1.54) is 17.7 Å². The number of hydrogen-bond donors (Lipinski definition) is 1. The Balaban J connectivity index is 1.75. The van der Waals surface area contributed by atoms with E-state index >= 15 is 0 Å². The van der Waals surface area contributed by atoms with Crippen molar-refractivity contribution in [2.75, 3.05) is 38.1 Å². The van der Waals surface area contributed by atoms with Crippen LogP contribution in [-0.2, 0) is 0 Å². The van der Waals surface area contributed by atoms with Crippen LogP contribution < -0.4 is 10.3 Å². The van der Waals surface area contributed by atoms with E-state index in [9.17, 15) is 14.7 Å². The fraction of sp³-hybridized carbons (Fsp3) is 0.524. The lowest BCUT2D eigenvalue weighted by Crippen LogP contribution is -2.44. The highest BCUT2D eigenvalue weighted by atomic mass is 16.4. The van der Waals surface area contributed by atoms with Gasteiger partial charge in [-0.15, -0.1) is 0 Å². The van der Waals surface area contributed by atoms with Crippen LogP contribution in [0.25, 0.3) is 10.9 Å². The minimum Gasteiger partial charge on any atom is -0.477 e. The molecule has 0 radical (unpaired) electrons. The summed E-state index contributed by atoms with van der Waals surface area (Å²) in [5.74, 6) is -0.741. The van der Waals surface area contributed by atoms with E-state index in [2.05, 4.69) is 27.5 Å². The van der Waals surface area contributed by atoms with Gasteiger partial charge in [-0.25, -0.2) is 4.79 Å². The minimum absolute atomic E-state index is 0.105. The van der Waals surface area contributed by atoms with Gasteiger partial charge in [0.2, 0.25) is 5.43 Å². The van der Waals surface area contributed by atoms with Crippen molar-refractivity contribution < 1.29 is 9.90 Å². The normalized spacial score (nSPS) is 25.0. The standard InChI is InChI=1S/C21H25N3O3/c1-22-8-10-23(11-9-22)17-7-6-14-19-18(17)13-4-2-3-5-16(13)24(19)12-15(20(14)25)21(26)27/h6-7,12-13,16H,2-5,8-11H2,1H3,(H,26,27). The number of piperazine rings is 1. The van der Waals surface area contributed by atoms with E-state index in [4.69, 9.17) is 0 Å². The van der Waals surface area contributed by atoms with E-state index in [-0.39, 0.29) is 17.0 Å². The number of rotatable bonds is 2. The first-order valence-corrected chi connectivity index (χ1v) is 9.95. The molecular formula is C21H25N3O3. The van der Waals surface area contributed by atoms with E-state index in [0.29, 0.717) is 11.3 Å². The molecule has 2 unspecified atom stereocenters. The molecule has 1 saturated carbocycles. The summed E-state index contributed by atoms with van der Waals surface area (Å²) in [6.07, 6.45) is 6.14. The van der Waals surface area contributed by atoms with Gasteiger partial charge in [0.05, 0.1) is 5.52 Å². The molecule has 2 aromatic rings. The average molecular weight is 367 g/mol. The van der Waals surface area contributed by atoms with Gasteiger partial charge in [-0.2, -0.15) is 0 Å². The third-order valence-corrected chi connectivity index (χ3v) is 6.74. The van der Waals surface area contributed by atoms with Crippen LogP contribution in [0.2, 0.25) is 0 Å². The van der Waals surface area contributed by atoms with E-state index in [1.807, 2.05) is 6.07 Å². The highest BCUT2D eigenvalue weighted by Crippen LogP contribution is 2.52. The Kier molecular flexibility index (Phi) is 3.79. The van der Waals surface area contributed by atoms with Crippen LogP contribution >= 0.6 is 0 Å². The molecule has 6 heteroatoms. The second-order valence-corrected chi connectivity index (χ2v) is 8.23. The summed E-state index contributed by atoms with van der Waals surface area (Å²) in [4.78, 5) is 29.2. The fourth-order valence-electron chi connectivity index (χ4n) is 5.35. The summed E-state index contributed by atoms with van der Waals surface area (Å²) in [5.41, 5.74) is 3.07. The Labute approximate surface area is 158 Å². The van der Waals surface area contributed by atoms with Gasteiger partial charge in [0, 0.05) is 61.0 Å². The molecule has 0 spiro atoms. The Morgan fingerprint density at radius 1 is 1.11 bits per heavy atom. The molecule has 142 valence electrons. The molecule has 1 aromatic heterocycles. The summed E-state index contributed by atoms with van der Waals surface area (Å²) in [7, 11) is 2.15. The van der Waals surface area contributed by atoms with Gasteiger partial charge in [0.25, 0.3) is 0 Å². The van der Waals surface area contributed by atoms with Gasteiger partial charge in [0.1, 0.15) is 5.56 Å². The number of carboxylic acids is 1. The number of anilines is 1. The van der Waals surface area contributed by atoms with E-state index < -0.39 is 5.97 Å². The third-order valence-electron chi connectivity index (χ3n) is 6.74. The number of pyridine rings is 1. The molecule has 1 N–H and O–H groups in total. The molecule has 5 rings (SSSR count). The first-order chi connectivity index (χ1) is 13.1. The number of fused-ring (bicyclic) bond motifs is 3. The summed E-state index contributed by atoms with van der Waals surface area (Å²) in [6, 6.07) is 4.20. The highest BCUT2D eigenvalue weighted by Gasteiger charge is 2.39. The van der Waals surface area contributed by atoms with Crippen molar-refractivity contribution in [2.24, 2.45) is 0 Å². The third kappa shape index (κ3) is 2.42. The summed E-state index contributed by atoms with van der Waals surface area (Å²) in [6.45, 7) is 4.06. The smallest absolute Gasteiger partial charge is 0.341 e. The minimum atomic E-state index is -1.13. The first-order valence-electron chi connectivity index (χ1n) is 9.95. The van der Waals surface area contributed by atoms with Crippen molar-refractivity contribution in [3.8, 4) is 0 Å². The largest absolute Gasteiger partial charge is 0.477 e. The Morgan fingerprint density at radius 3 is 2.59 bits per heavy atom. The van der Waals surface area contributed by atoms with Crippen molar-refractivity contribution in [1.82, 2.24) is 9.47 Å². The van der Waals surface area contributed by atoms with Crippen molar-refractivity contribution >= 4 is 22.6 Å². The monoisotopic (exact) mass is 367 g/mol. The number of carboxylic acid groups (broad SMARTS) is 1. The molecule has 2 fully saturated rings. The predicted octanol–water partition coefficient (Wildman–Crippen LogP) is 2.66. The molecule has 2 aliphatic heterocycles. The molecule has 1 aromatic carbocycles. The van der Waals surface area contributed by atoms with Crippen LogP contribution in [0, 0.1) is 0 Å². The lowest BCUT2D eigenvalue weighted by Gasteiger charge is -2.36. The zero-order valence-electron chi connectivity index (χ0n) is 15.6.